The summed E-state index contributed by atoms with van der Waals surface area (Å²) in [6.45, 7) is 6.87. The highest BCUT2D eigenvalue weighted by Crippen LogP contribution is 2.45. The molecule has 11 heteroatoms. The number of halogens is 1. The van der Waals surface area contributed by atoms with Crippen molar-refractivity contribution in [3.05, 3.63) is 88.7 Å². The summed E-state index contributed by atoms with van der Waals surface area (Å²) in [6.07, 6.45) is 7.31. The molecule has 0 radical (unpaired) electrons. The molecular formula is C37H44ClN5O4S. The van der Waals surface area contributed by atoms with Crippen LogP contribution in [0.2, 0.25) is 5.02 Å². The number of rotatable bonds is 9. The number of nitrogens with two attached hydrogens (primary N) is 1. The van der Waals surface area contributed by atoms with Crippen LogP contribution in [-0.2, 0) is 15.4 Å². The smallest absolute Gasteiger partial charge is 0.253 e. The number of primary sulfonamides is 1. The Balaban J connectivity index is 1.10. The van der Waals surface area contributed by atoms with E-state index >= 15 is 0 Å². The molecule has 1 amide bonds. The first-order chi connectivity index (χ1) is 23.1. The van der Waals surface area contributed by atoms with Gasteiger partial charge in [0.05, 0.1) is 22.7 Å². The lowest BCUT2D eigenvalue weighted by Gasteiger charge is -2.45. The summed E-state index contributed by atoms with van der Waals surface area (Å²) in [5, 5.41) is 5.37. The second-order valence-corrected chi connectivity index (χ2v) is 15.7. The van der Waals surface area contributed by atoms with E-state index in [1.165, 1.54) is 36.1 Å². The average Bonchev–Trinajstić information content (AvgIpc) is 3.53. The zero-order chi connectivity index (χ0) is 33.6. The molecule has 3 saturated heterocycles. The molecule has 7 rings (SSSR count). The number of aromatic nitrogens is 2. The third kappa shape index (κ3) is 6.24. The summed E-state index contributed by atoms with van der Waals surface area (Å²) in [7, 11) is -4.06. The van der Waals surface area contributed by atoms with E-state index in [0.717, 1.165) is 55.7 Å². The lowest BCUT2D eigenvalue weighted by atomic mass is 9.70. The molecular weight excluding hydrogens is 646 g/mol. The van der Waals surface area contributed by atoms with Crippen molar-refractivity contribution in [1.82, 2.24) is 19.4 Å². The number of imidazole rings is 1. The minimum Gasteiger partial charge on any atom is -0.494 e. The van der Waals surface area contributed by atoms with Gasteiger partial charge in [-0.05, 0) is 113 Å². The predicted molar refractivity (Wildman–Crippen MR) is 188 cm³/mol. The SMILES string of the molecule is CCOc1cccc(C2(CCN3[C@@H]4CC[C@H]3C[C@@H](n3c(C)nc5ccccc53)C4)CCN(C(=O)c3ccc(Cl)c(S(N)(=O)=O)c3)CC2)c1. The average molecular weight is 690 g/mol. The number of carbonyl (C=O) groups excluding carboxylic acids is 1. The minimum absolute atomic E-state index is 0.00685. The van der Waals surface area contributed by atoms with E-state index in [0.29, 0.717) is 37.8 Å². The standard InChI is InChI=1S/C37H44ClN5O4S/c1-3-47-31-8-6-7-27(22-31)37(15-18-41(19-16-37)36(44)26-11-14-32(38)35(21-26)48(39,45)46)17-20-42-28-12-13-29(42)24-30(23-28)43-25(2)40-33-9-4-5-10-34(33)43/h4-11,14,21-22,28-30H,3,12-13,15-20,23-24H2,1-2H3,(H2,39,45,46)/t28-,29+,30+. The van der Waals surface area contributed by atoms with Crippen LogP contribution >= 0.6 is 11.6 Å². The van der Waals surface area contributed by atoms with Gasteiger partial charge in [0.25, 0.3) is 5.91 Å². The molecule has 2 bridgehead atoms. The number of fused-ring (bicyclic) bond motifs is 3. The van der Waals surface area contributed by atoms with Crippen molar-refractivity contribution < 1.29 is 17.9 Å². The van der Waals surface area contributed by atoms with Gasteiger partial charge in [0.15, 0.2) is 0 Å². The summed E-state index contributed by atoms with van der Waals surface area (Å²) in [6, 6.07) is 22.8. The first-order valence-corrected chi connectivity index (χ1v) is 19.0. The topological polar surface area (TPSA) is 111 Å². The zero-order valence-corrected chi connectivity index (χ0v) is 29.2. The Labute approximate surface area is 288 Å². The van der Waals surface area contributed by atoms with Gasteiger partial charge in [-0.3, -0.25) is 9.69 Å². The highest BCUT2D eigenvalue weighted by Gasteiger charge is 2.44. The maximum Gasteiger partial charge on any atom is 0.253 e. The Bertz CT molecular complexity index is 1920. The molecule has 254 valence electrons. The Morgan fingerprint density at radius 3 is 2.44 bits per heavy atom. The number of likely N-dealkylation sites (tertiary alicyclic amines) is 1. The molecule has 2 N–H and O–H groups in total. The quantitative estimate of drug-likeness (QED) is 0.216. The van der Waals surface area contributed by atoms with E-state index in [9.17, 15) is 13.2 Å². The van der Waals surface area contributed by atoms with Crippen molar-refractivity contribution >= 4 is 38.6 Å². The van der Waals surface area contributed by atoms with Gasteiger partial charge in [-0.15, -0.1) is 0 Å². The summed E-state index contributed by atoms with van der Waals surface area (Å²) in [4.78, 5) is 22.9. The summed E-state index contributed by atoms with van der Waals surface area (Å²) in [5.41, 5.74) is 3.72. The lowest BCUT2D eigenvalue weighted by molar-refractivity contribution is 0.0606. The molecule has 0 spiro atoms. The van der Waals surface area contributed by atoms with Crippen molar-refractivity contribution in [3.63, 3.8) is 0 Å². The van der Waals surface area contributed by atoms with E-state index in [1.807, 2.05) is 17.9 Å². The van der Waals surface area contributed by atoms with Crippen molar-refractivity contribution in [2.75, 3.05) is 26.2 Å². The molecule has 0 saturated carbocycles. The Morgan fingerprint density at radius 2 is 1.73 bits per heavy atom. The van der Waals surface area contributed by atoms with Crippen molar-refractivity contribution in [2.24, 2.45) is 5.14 Å². The fraction of sp³-hybridized carbons (Fsp3) is 0.459. The first-order valence-electron chi connectivity index (χ1n) is 17.1. The third-order valence-electron chi connectivity index (χ3n) is 11.1. The molecule has 1 aromatic heterocycles. The van der Waals surface area contributed by atoms with Gasteiger partial charge >= 0.3 is 0 Å². The molecule has 48 heavy (non-hydrogen) atoms. The van der Waals surface area contributed by atoms with Crippen LogP contribution in [0.5, 0.6) is 5.75 Å². The number of amides is 1. The van der Waals surface area contributed by atoms with Crippen LogP contribution in [0.4, 0.5) is 0 Å². The van der Waals surface area contributed by atoms with Crippen LogP contribution in [-0.4, -0.2) is 72.0 Å². The second-order valence-electron chi connectivity index (χ2n) is 13.7. The van der Waals surface area contributed by atoms with Crippen LogP contribution < -0.4 is 9.88 Å². The summed E-state index contributed by atoms with van der Waals surface area (Å²) >= 11 is 6.10. The van der Waals surface area contributed by atoms with Gasteiger partial charge in [0, 0.05) is 42.2 Å². The molecule has 3 fully saturated rings. The van der Waals surface area contributed by atoms with E-state index in [-0.39, 0.29) is 26.8 Å². The number of piperidine rings is 2. The van der Waals surface area contributed by atoms with Crippen molar-refractivity contribution in [3.8, 4) is 5.75 Å². The zero-order valence-electron chi connectivity index (χ0n) is 27.6. The predicted octanol–water partition coefficient (Wildman–Crippen LogP) is 6.48. The van der Waals surface area contributed by atoms with Crippen LogP contribution in [0, 0.1) is 6.92 Å². The van der Waals surface area contributed by atoms with E-state index in [1.54, 1.807) is 6.07 Å². The number of benzene rings is 3. The molecule has 9 nitrogen and oxygen atoms in total. The molecule has 4 heterocycles. The number of nitrogens with zero attached hydrogens (tertiary/aromatic N) is 4. The normalized spacial score (nSPS) is 22.7. The van der Waals surface area contributed by atoms with E-state index in [2.05, 4.69) is 58.9 Å². The number of hydrogen-bond acceptors (Lipinski definition) is 6. The number of aryl methyl sites for hydroxylation is 1. The number of sulfonamides is 1. The van der Waals surface area contributed by atoms with Crippen LogP contribution in [0.3, 0.4) is 0 Å². The fourth-order valence-electron chi connectivity index (χ4n) is 8.73. The monoisotopic (exact) mass is 689 g/mol. The summed E-state index contributed by atoms with van der Waals surface area (Å²) < 4.78 is 32.5. The molecule has 0 unspecified atom stereocenters. The van der Waals surface area contributed by atoms with Gasteiger partial charge in [0.1, 0.15) is 16.5 Å². The molecule has 3 atom stereocenters. The molecule has 4 aromatic rings. The Morgan fingerprint density at radius 1 is 1.00 bits per heavy atom. The first kappa shape index (κ1) is 33.1. The third-order valence-corrected chi connectivity index (χ3v) is 12.5. The van der Waals surface area contributed by atoms with E-state index in [4.69, 9.17) is 26.5 Å². The Kier molecular flexibility index (Phi) is 9.04. The number of para-hydroxylation sites is 2. The Hall–Kier alpha value is -3.44. The fourth-order valence-corrected chi connectivity index (χ4v) is 9.80. The summed E-state index contributed by atoms with van der Waals surface area (Å²) in [5.74, 6) is 1.76. The molecule has 0 aliphatic carbocycles. The maximum atomic E-state index is 13.6. The van der Waals surface area contributed by atoms with Gasteiger partial charge < -0.3 is 14.2 Å². The molecule has 3 aliphatic rings. The van der Waals surface area contributed by atoms with Crippen molar-refractivity contribution in [1.29, 1.82) is 0 Å². The van der Waals surface area contributed by atoms with Crippen LogP contribution in [0.15, 0.2) is 71.6 Å². The number of carbonyl (C=O) groups is 1. The maximum absolute atomic E-state index is 13.6. The van der Waals surface area contributed by atoms with Gasteiger partial charge in [-0.1, -0.05) is 35.9 Å². The highest BCUT2D eigenvalue weighted by molar-refractivity contribution is 7.89. The molecule has 3 aliphatic heterocycles. The number of hydrogen-bond donors (Lipinski definition) is 1. The van der Waals surface area contributed by atoms with Crippen LogP contribution in [0.25, 0.3) is 11.0 Å². The van der Waals surface area contributed by atoms with Crippen molar-refractivity contribution in [2.45, 2.75) is 87.2 Å². The van der Waals surface area contributed by atoms with E-state index < -0.39 is 10.0 Å². The van der Waals surface area contributed by atoms with Gasteiger partial charge in [-0.2, -0.15) is 0 Å². The second kappa shape index (κ2) is 13.1. The van der Waals surface area contributed by atoms with Gasteiger partial charge in [0.2, 0.25) is 10.0 Å². The largest absolute Gasteiger partial charge is 0.494 e. The lowest BCUT2D eigenvalue weighted by Crippen LogP contribution is -2.49. The minimum atomic E-state index is -4.06. The van der Waals surface area contributed by atoms with Gasteiger partial charge in [-0.25, -0.2) is 18.5 Å². The highest BCUT2D eigenvalue weighted by atomic mass is 35.5. The van der Waals surface area contributed by atoms with Crippen LogP contribution in [0.1, 0.15) is 79.7 Å². The number of ether oxygens (including phenoxy) is 1. The molecule has 3 aromatic carbocycles.